The molecule has 0 saturated heterocycles. The van der Waals surface area contributed by atoms with Gasteiger partial charge in [0.1, 0.15) is 5.75 Å². The Morgan fingerprint density at radius 1 is 1.58 bits per heavy atom. The first-order chi connectivity index (χ1) is 9.11. The minimum Gasteiger partial charge on any atom is -0.480 e. The van der Waals surface area contributed by atoms with Crippen LogP contribution in [0.1, 0.15) is 5.56 Å². The van der Waals surface area contributed by atoms with Gasteiger partial charge in [0, 0.05) is 27.1 Å². The molecule has 0 aromatic heterocycles. The molecular weight excluding hydrogens is 246 g/mol. The van der Waals surface area contributed by atoms with Gasteiger partial charge in [-0.3, -0.25) is 4.79 Å². The molecule has 1 aromatic rings. The van der Waals surface area contributed by atoms with Crippen molar-refractivity contribution >= 4 is 5.91 Å². The number of amides is 1. The largest absolute Gasteiger partial charge is 0.480 e. The second-order valence-corrected chi connectivity index (χ2v) is 4.75. The molecule has 1 N–H and O–H groups in total. The zero-order chi connectivity index (χ0) is 13.8. The van der Waals surface area contributed by atoms with Crippen LogP contribution < -0.4 is 4.74 Å². The van der Waals surface area contributed by atoms with E-state index in [9.17, 15) is 9.90 Å². The van der Waals surface area contributed by atoms with Crippen molar-refractivity contribution in [2.45, 2.75) is 18.6 Å². The van der Waals surface area contributed by atoms with Gasteiger partial charge in [0.05, 0.1) is 12.7 Å². The summed E-state index contributed by atoms with van der Waals surface area (Å²) in [6.07, 6.45) is -0.584. The van der Waals surface area contributed by atoms with Crippen LogP contribution in [0.3, 0.4) is 0 Å². The number of fused-ring (bicyclic) bond motifs is 1. The van der Waals surface area contributed by atoms with E-state index in [1.807, 2.05) is 24.3 Å². The number of aliphatic hydroxyl groups excluding tert-OH is 1. The van der Waals surface area contributed by atoms with Gasteiger partial charge in [0.2, 0.25) is 0 Å². The Morgan fingerprint density at radius 3 is 3.00 bits per heavy atom. The van der Waals surface area contributed by atoms with E-state index >= 15 is 0 Å². The summed E-state index contributed by atoms with van der Waals surface area (Å²) in [5, 5.41) is 9.63. The van der Waals surface area contributed by atoms with Gasteiger partial charge in [-0.2, -0.15) is 0 Å². The van der Waals surface area contributed by atoms with Crippen molar-refractivity contribution in [3.63, 3.8) is 0 Å². The molecule has 2 unspecified atom stereocenters. The summed E-state index contributed by atoms with van der Waals surface area (Å²) in [6.45, 7) is 0.451. The number of aliphatic hydroxyl groups is 1. The molecule has 0 bridgehead atoms. The molecule has 0 fully saturated rings. The number of methoxy groups -OCH3 is 1. The molecule has 0 aliphatic carbocycles. The molecule has 2 rings (SSSR count). The van der Waals surface area contributed by atoms with Crippen molar-refractivity contribution in [3.05, 3.63) is 29.8 Å². The molecule has 5 nitrogen and oxygen atoms in total. The Kier molecular flexibility index (Phi) is 4.39. The summed E-state index contributed by atoms with van der Waals surface area (Å²) in [5.74, 6) is 0.651. The predicted octanol–water partition coefficient (Wildman–Crippen LogP) is 0.456. The topological polar surface area (TPSA) is 59.0 Å². The highest BCUT2D eigenvalue weighted by molar-refractivity contribution is 5.82. The van der Waals surface area contributed by atoms with Crippen LogP contribution in [-0.4, -0.2) is 55.4 Å². The number of para-hydroxylation sites is 1. The molecule has 1 aromatic carbocycles. The Bertz CT molecular complexity index is 424. The molecule has 19 heavy (non-hydrogen) atoms. The minimum atomic E-state index is -0.678. The van der Waals surface area contributed by atoms with Gasteiger partial charge < -0.3 is 19.5 Å². The number of nitrogens with zero attached hydrogens (tertiary/aromatic N) is 1. The molecule has 1 heterocycles. The fraction of sp³-hybridized carbons (Fsp3) is 0.500. The molecule has 0 spiro atoms. The number of benzene rings is 1. The normalized spacial score (nSPS) is 18.6. The van der Waals surface area contributed by atoms with Gasteiger partial charge in [-0.05, 0) is 11.6 Å². The monoisotopic (exact) mass is 265 g/mol. The maximum absolute atomic E-state index is 12.2. The van der Waals surface area contributed by atoms with E-state index in [1.165, 1.54) is 12.0 Å². The van der Waals surface area contributed by atoms with Crippen LogP contribution in [-0.2, 0) is 16.0 Å². The van der Waals surface area contributed by atoms with Crippen molar-refractivity contribution in [2.24, 2.45) is 0 Å². The number of hydrogen-bond acceptors (Lipinski definition) is 4. The van der Waals surface area contributed by atoms with Crippen molar-refractivity contribution in [2.75, 3.05) is 27.3 Å². The van der Waals surface area contributed by atoms with Gasteiger partial charge >= 0.3 is 0 Å². The highest BCUT2D eigenvalue weighted by Gasteiger charge is 2.31. The lowest BCUT2D eigenvalue weighted by Gasteiger charge is -2.23. The summed E-state index contributed by atoms with van der Waals surface area (Å²) in [6, 6.07) is 7.64. The molecule has 2 atom stereocenters. The van der Waals surface area contributed by atoms with E-state index in [2.05, 4.69) is 0 Å². The SMILES string of the molecule is COCC(O)CN(C)C(=O)C1Cc2ccccc2O1. The summed E-state index contributed by atoms with van der Waals surface area (Å²) in [5.41, 5.74) is 1.05. The lowest BCUT2D eigenvalue weighted by atomic mass is 10.1. The van der Waals surface area contributed by atoms with Gasteiger partial charge in [-0.1, -0.05) is 18.2 Å². The van der Waals surface area contributed by atoms with Crippen LogP contribution in [0.25, 0.3) is 0 Å². The Labute approximate surface area is 112 Å². The molecule has 1 amide bonds. The fourth-order valence-corrected chi connectivity index (χ4v) is 2.22. The second-order valence-electron chi connectivity index (χ2n) is 4.75. The molecule has 0 saturated carbocycles. The van der Waals surface area contributed by atoms with Crippen LogP contribution in [0.4, 0.5) is 0 Å². The summed E-state index contributed by atoms with van der Waals surface area (Å²) >= 11 is 0. The summed E-state index contributed by atoms with van der Waals surface area (Å²) in [7, 11) is 3.18. The molecule has 1 aliphatic heterocycles. The number of carbonyl (C=O) groups is 1. The van der Waals surface area contributed by atoms with E-state index < -0.39 is 12.2 Å². The van der Waals surface area contributed by atoms with Gasteiger partial charge in [0.15, 0.2) is 6.10 Å². The van der Waals surface area contributed by atoms with Crippen LogP contribution in [0.15, 0.2) is 24.3 Å². The van der Waals surface area contributed by atoms with Crippen LogP contribution in [0.5, 0.6) is 5.75 Å². The maximum atomic E-state index is 12.2. The van der Waals surface area contributed by atoms with E-state index in [0.717, 1.165) is 11.3 Å². The molecule has 104 valence electrons. The average Bonchev–Trinajstić information content (AvgIpc) is 2.81. The Hall–Kier alpha value is -1.59. The van der Waals surface area contributed by atoms with E-state index in [4.69, 9.17) is 9.47 Å². The molecule has 0 radical (unpaired) electrons. The number of ether oxygens (including phenoxy) is 2. The Balaban J connectivity index is 1.91. The fourth-order valence-electron chi connectivity index (χ4n) is 2.22. The first-order valence-electron chi connectivity index (χ1n) is 6.28. The second kappa shape index (κ2) is 6.04. The highest BCUT2D eigenvalue weighted by atomic mass is 16.5. The first-order valence-corrected chi connectivity index (χ1v) is 6.28. The number of carbonyl (C=O) groups excluding carboxylic acids is 1. The van der Waals surface area contributed by atoms with E-state index in [-0.39, 0.29) is 19.1 Å². The summed E-state index contributed by atoms with van der Waals surface area (Å²) < 4.78 is 10.5. The van der Waals surface area contributed by atoms with Gasteiger partial charge in [0.25, 0.3) is 5.91 Å². The van der Waals surface area contributed by atoms with Crippen molar-refractivity contribution in [1.29, 1.82) is 0 Å². The van der Waals surface area contributed by atoms with Gasteiger partial charge in [-0.15, -0.1) is 0 Å². The third-order valence-electron chi connectivity index (χ3n) is 3.14. The van der Waals surface area contributed by atoms with E-state index in [0.29, 0.717) is 6.42 Å². The molecule has 5 heteroatoms. The van der Waals surface area contributed by atoms with Crippen LogP contribution in [0.2, 0.25) is 0 Å². The first kappa shape index (κ1) is 13.8. The third kappa shape index (κ3) is 3.24. The minimum absolute atomic E-state index is 0.119. The zero-order valence-electron chi connectivity index (χ0n) is 11.2. The summed E-state index contributed by atoms with van der Waals surface area (Å²) in [4.78, 5) is 13.7. The van der Waals surface area contributed by atoms with E-state index in [1.54, 1.807) is 7.05 Å². The lowest BCUT2D eigenvalue weighted by Crippen LogP contribution is -2.43. The molecule has 1 aliphatic rings. The average molecular weight is 265 g/mol. The molecular formula is C14H19NO4. The third-order valence-corrected chi connectivity index (χ3v) is 3.14. The Morgan fingerprint density at radius 2 is 2.32 bits per heavy atom. The zero-order valence-corrected chi connectivity index (χ0v) is 11.2. The number of likely N-dealkylation sites (N-methyl/N-ethyl adjacent to an activating group) is 1. The van der Waals surface area contributed by atoms with Crippen molar-refractivity contribution < 1.29 is 19.4 Å². The highest BCUT2D eigenvalue weighted by Crippen LogP contribution is 2.28. The van der Waals surface area contributed by atoms with Crippen molar-refractivity contribution in [1.82, 2.24) is 4.90 Å². The quantitative estimate of drug-likeness (QED) is 0.840. The number of hydrogen-bond donors (Lipinski definition) is 1. The number of rotatable bonds is 5. The van der Waals surface area contributed by atoms with Crippen molar-refractivity contribution in [3.8, 4) is 5.75 Å². The smallest absolute Gasteiger partial charge is 0.263 e. The maximum Gasteiger partial charge on any atom is 0.263 e. The van der Waals surface area contributed by atoms with Crippen LogP contribution >= 0.6 is 0 Å². The van der Waals surface area contributed by atoms with Gasteiger partial charge in [-0.25, -0.2) is 0 Å². The standard InChI is InChI=1S/C14H19NO4/c1-15(8-11(16)9-18-2)14(17)13-7-10-5-3-4-6-12(10)19-13/h3-6,11,13,16H,7-9H2,1-2H3. The van der Waals surface area contributed by atoms with Crippen LogP contribution in [0, 0.1) is 0 Å². The lowest BCUT2D eigenvalue weighted by molar-refractivity contribution is -0.138. The predicted molar refractivity (Wildman–Crippen MR) is 70.1 cm³/mol.